The van der Waals surface area contributed by atoms with Crippen LogP contribution in [0.1, 0.15) is 27.2 Å². The first-order valence-corrected chi connectivity index (χ1v) is 15.7. The maximum atomic E-state index is 12.5. The number of carbonyl (C=O) groups excluding carboxylic acids is 1. The molecule has 7 heteroatoms. The van der Waals surface area contributed by atoms with Crippen LogP contribution in [0.15, 0.2) is 0 Å². The van der Waals surface area contributed by atoms with E-state index in [1.165, 1.54) is 0 Å². The first-order chi connectivity index (χ1) is 10.7. The molecule has 0 spiro atoms. The first-order valence-electron chi connectivity index (χ1n) is 8.87. The Hall–Kier alpha value is -0.216. The van der Waals surface area contributed by atoms with E-state index in [-0.39, 0.29) is 25.1 Å². The molecule has 0 aromatic carbocycles. The van der Waals surface area contributed by atoms with Crippen molar-refractivity contribution in [3.05, 3.63) is 0 Å². The lowest BCUT2D eigenvalue weighted by molar-refractivity contribution is -0.166. The van der Waals surface area contributed by atoms with Crippen LogP contribution in [0.3, 0.4) is 0 Å². The maximum Gasteiger partial charge on any atom is 0.312 e. The van der Waals surface area contributed by atoms with Crippen molar-refractivity contribution in [1.29, 1.82) is 0 Å². The predicted octanol–water partition coefficient (Wildman–Crippen LogP) is 3.65. The molecule has 0 aliphatic carbocycles. The number of esters is 1. The van der Waals surface area contributed by atoms with Crippen LogP contribution in [0, 0.1) is 11.8 Å². The third-order valence-corrected chi connectivity index (χ3v) is 5.46. The van der Waals surface area contributed by atoms with E-state index in [0.29, 0.717) is 13.0 Å². The van der Waals surface area contributed by atoms with Crippen molar-refractivity contribution in [2.45, 2.75) is 72.1 Å². The van der Waals surface area contributed by atoms with Gasteiger partial charge in [0.25, 0.3) is 0 Å². The van der Waals surface area contributed by atoms with E-state index in [4.69, 9.17) is 13.6 Å². The van der Waals surface area contributed by atoms with Crippen LogP contribution in [0.2, 0.25) is 39.3 Å². The standard InChI is InChI=1S/C17H38O5Si2/c1-10-20-16(18)15(11-14(2)3)17(19,12-21-23(4,5)6)13-22-24(7,8)9/h14-15,19H,10-13H2,1-9H3. The van der Waals surface area contributed by atoms with Crippen LogP contribution in [0.5, 0.6) is 0 Å². The van der Waals surface area contributed by atoms with Crippen LogP contribution in [0.4, 0.5) is 0 Å². The van der Waals surface area contributed by atoms with Crippen molar-refractivity contribution in [1.82, 2.24) is 0 Å². The van der Waals surface area contributed by atoms with E-state index in [2.05, 4.69) is 39.3 Å². The van der Waals surface area contributed by atoms with Crippen molar-refractivity contribution in [2.75, 3.05) is 19.8 Å². The molecule has 0 bridgehead atoms. The molecule has 0 aliphatic heterocycles. The predicted molar refractivity (Wildman–Crippen MR) is 103 cm³/mol. The summed E-state index contributed by atoms with van der Waals surface area (Å²) in [5.74, 6) is -0.762. The Bertz CT molecular complexity index is 367. The number of carbonyl (C=O) groups is 1. The molecule has 0 saturated carbocycles. The minimum atomic E-state index is -1.84. The smallest absolute Gasteiger partial charge is 0.312 e. The van der Waals surface area contributed by atoms with Crippen LogP contribution < -0.4 is 0 Å². The molecule has 0 aromatic heterocycles. The minimum absolute atomic E-state index is 0.101. The Morgan fingerprint density at radius 3 is 1.71 bits per heavy atom. The summed E-state index contributed by atoms with van der Waals surface area (Å²) in [6, 6.07) is 0. The molecule has 0 aliphatic rings. The second-order valence-electron chi connectivity index (χ2n) is 8.84. The van der Waals surface area contributed by atoms with Gasteiger partial charge in [-0.1, -0.05) is 13.8 Å². The van der Waals surface area contributed by atoms with Gasteiger partial charge in [-0.05, 0) is 58.5 Å². The molecule has 0 saturated heterocycles. The lowest BCUT2D eigenvalue weighted by atomic mass is 9.82. The Kier molecular flexibility index (Phi) is 9.39. The lowest BCUT2D eigenvalue weighted by Crippen LogP contribution is -2.54. The van der Waals surface area contributed by atoms with Gasteiger partial charge in [0.1, 0.15) is 5.60 Å². The lowest BCUT2D eigenvalue weighted by Gasteiger charge is -2.38. The summed E-state index contributed by atoms with van der Waals surface area (Å²) < 4.78 is 17.2. The number of hydrogen-bond acceptors (Lipinski definition) is 5. The van der Waals surface area contributed by atoms with Gasteiger partial charge in [0.05, 0.1) is 25.7 Å². The Balaban J connectivity index is 5.49. The second-order valence-corrected chi connectivity index (χ2v) is 17.9. The molecule has 24 heavy (non-hydrogen) atoms. The largest absolute Gasteiger partial charge is 0.466 e. The molecule has 0 heterocycles. The number of aliphatic hydroxyl groups is 1. The summed E-state index contributed by atoms with van der Waals surface area (Å²) in [4.78, 5) is 12.5. The van der Waals surface area contributed by atoms with Crippen molar-refractivity contribution < 1.29 is 23.5 Å². The summed E-state index contributed by atoms with van der Waals surface area (Å²) in [6.45, 7) is 18.7. The summed E-state index contributed by atoms with van der Waals surface area (Å²) >= 11 is 0. The SMILES string of the molecule is CCOC(=O)C(CC(C)C)C(O)(CO[Si](C)(C)C)CO[Si](C)(C)C. The molecular formula is C17H38O5Si2. The molecule has 1 atom stereocenters. The zero-order valence-electron chi connectivity index (χ0n) is 17.1. The van der Waals surface area contributed by atoms with E-state index in [9.17, 15) is 9.90 Å². The van der Waals surface area contributed by atoms with Gasteiger partial charge in [0, 0.05) is 0 Å². The molecular weight excluding hydrogens is 340 g/mol. The van der Waals surface area contributed by atoms with Crippen molar-refractivity contribution in [2.24, 2.45) is 11.8 Å². The molecule has 0 radical (unpaired) electrons. The van der Waals surface area contributed by atoms with Crippen LogP contribution >= 0.6 is 0 Å². The van der Waals surface area contributed by atoms with Gasteiger partial charge in [0.15, 0.2) is 16.6 Å². The Labute approximate surface area is 150 Å². The van der Waals surface area contributed by atoms with Crippen molar-refractivity contribution in [3.8, 4) is 0 Å². The fourth-order valence-electron chi connectivity index (χ4n) is 2.18. The highest BCUT2D eigenvalue weighted by molar-refractivity contribution is 6.70. The third-order valence-electron chi connectivity index (χ3n) is 3.44. The summed E-state index contributed by atoms with van der Waals surface area (Å²) in [5, 5.41) is 11.3. The zero-order chi connectivity index (χ0) is 19.2. The van der Waals surface area contributed by atoms with Crippen molar-refractivity contribution >= 4 is 22.6 Å². The summed E-state index contributed by atoms with van der Waals surface area (Å²) in [7, 11) is -3.67. The molecule has 1 unspecified atom stereocenters. The van der Waals surface area contributed by atoms with E-state index < -0.39 is 28.2 Å². The van der Waals surface area contributed by atoms with Crippen LogP contribution in [-0.2, 0) is 18.4 Å². The first kappa shape index (κ1) is 23.8. The van der Waals surface area contributed by atoms with E-state index in [1.54, 1.807) is 6.92 Å². The molecule has 0 fully saturated rings. The second kappa shape index (κ2) is 9.47. The molecule has 1 N–H and O–H groups in total. The van der Waals surface area contributed by atoms with E-state index in [1.807, 2.05) is 13.8 Å². The summed E-state index contributed by atoms with van der Waals surface area (Å²) in [5.41, 5.74) is -1.36. The highest BCUT2D eigenvalue weighted by Crippen LogP contribution is 2.29. The van der Waals surface area contributed by atoms with Gasteiger partial charge < -0.3 is 18.7 Å². The topological polar surface area (TPSA) is 65.0 Å². The number of rotatable bonds is 11. The van der Waals surface area contributed by atoms with Gasteiger partial charge in [-0.25, -0.2) is 0 Å². The van der Waals surface area contributed by atoms with Gasteiger partial charge in [0.2, 0.25) is 0 Å². The fraction of sp³-hybridized carbons (Fsp3) is 0.941. The third kappa shape index (κ3) is 9.93. The van der Waals surface area contributed by atoms with Gasteiger partial charge in [-0.2, -0.15) is 0 Å². The van der Waals surface area contributed by atoms with Crippen LogP contribution in [-0.4, -0.2) is 53.1 Å². The van der Waals surface area contributed by atoms with E-state index in [0.717, 1.165) is 0 Å². The normalized spacial score (nSPS) is 14.8. The average Bonchev–Trinajstić information content (AvgIpc) is 2.39. The van der Waals surface area contributed by atoms with Gasteiger partial charge in [-0.15, -0.1) is 0 Å². The highest BCUT2D eigenvalue weighted by atomic mass is 28.4. The molecule has 144 valence electrons. The van der Waals surface area contributed by atoms with Gasteiger partial charge in [-0.3, -0.25) is 4.79 Å². The fourth-order valence-corrected chi connectivity index (χ4v) is 3.54. The molecule has 5 nitrogen and oxygen atoms in total. The summed E-state index contributed by atoms with van der Waals surface area (Å²) in [6.07, 6.45) is 0.541. The molecule has 0 amide bonds. The minimum Gasteiger partial charge on any atom is -0.466 e. The number of hydrogen-bond donors (Lipinski definition) is 1. The highest BCUT2D eigenvalue weighted by Gasteiger charge is 2.45. The quantitative estimate of drug-likeness (QED) is 0.439. The maximum absolute atomic E-state index is 12.5. The monoisotopic (exact) mass is 378 g/mol. The van der Waals surface area contributed by atoms with Gasteiger partial charge >= 0.3 is 5.97 Å². The molecule has 0 rings (SSSR count). The average molecular weight is 379 g/mol. The van der Waals surface area contributed by atoms with E-state index >= 15 is 0 Å². The Morgan fingerprint density at radius 2 is 1.42 bits per heavy atom. The number of ether oxygens (including phenoxy) is 1. The van der Waals surface area contributed by atoms with Crippen LogP contribution in [0.25, 0.3) is 0 Å². The van der Waals surface area contributed by atoms with Crippen molar-refractivity contribution in [3.63, 3.8) is 0 Å². The molecule has 0 aromatic rings. The Morgan fingerprint density at radius 1 is 1.00 bits per heavy atom. The zero-order valence-corrected chi connectivity index (χ0v) is 19.1.